The lowest BCUT2D eigenvalue weighted by Gasteiger charge is -2.37. The largest absolute Gasteiger partial charge is 0.355 e. The smallest absolute Gasteiger partial charge is 0.182 e. The van der Waals surface area contributed by atoms with Gasteiger partial charge in [-0.05, 0) is 36.8 Å². The number of benzene rings is 1. The van der Waals surface area contributed by atoms with Gasteiger partial charge in [0.1, 0.15) is 17.1 Å². The van der Waals surface area contributed by atoms with Crippen LogP contribution in [-0.4, -0.2) is 40.2 Å². The van der Waals surface area contributed by atoms with Crippen LogP contribution in [0.3, 0.4) is 0 Å². The van der Waals surface area contributed by atoms with Crippen molar-refractivity contribution >= 4 is 18.0 Å². The summed E-state index contributed by atoms with van der Waals surface area (Å²) in [6.07, 6.45) is 0. The first-order valence-corrected chi connectivity index (χ1v) is 8.82. The average Bonchev–Trinajstić information content (AvgIpc) is 2.62. The van der Waals surface area contributed by atoms with E-state index in [0.717, 1.165) is 49.7 Å². The normalized spacial score (nSPS) is 15.6. The third kappa shape index (κ3) is 3.52. The number of nitrogens with zero attached hydrogens (tertiary/aromatic N) is 4. The molecule has 5 nitrogen and oxygen atoms in total. The summed E-state index contributed by atoms with van der Waals surface area (Å²) in [6.45, 7) is 6.45. The SMILES string of the molecule is Cc1c(N2CCN(Cc3ccc(F)cc3)CC2)n(C)c(=S)n(C)c1=N. The summed E-state index contributed by atoms with van der Waals surface area (Å²) >= 11 is 5.46. The van der Waals surface area contributed by atoms with E-state index in [1.165, 1.54) is 12.1 Å². The van der Waals surface area contributed by atoms with Gasteiger partial charge in [0.05, 0.1) is 0 Å². The fourth-order valence-corrected chi connectivity index (χ4v) is 3.61. The third-order valence-electron chi connectivity index (χ3n) is 4.91. The van der Waals surface area contributed by atoms with Gasteiger partial charge in [-0.25, -0.2) is 4.39 Å². The Morgan fingerprint density at radius 3 is 2.24 bits per heavy atom. The van der Waals surface area contributed by atoms with Gasteiger partial charge in [0.25, 0.3) is 0 Å². The van der Waals surface area contributed by atoms with Crippen LogP contribution >= 0.6 is 12.2 Å². The van der Waals surface area contributed by atoms with Crippen LogP contribution in [-0.2, 0) is 20.6 Å². The zero-order chi connectivity index (χ0) is 18.1. The van der Waals surface area contributed by atoms with Crippen molar-refractivity contribution in [3.05, 3.63) is 51.5 Å². The van der Waals surface area contributed by atoms with Crippen LogP contribution in [0.5, 0.6) is 0 Å². The molecule has 0 bridgehead atoms. The van der Waals surface area contributed by atoms with E-state index in [0.29, 0.717) is 10.3 Å². The molecule has 1 N–H and O–H groups in total. The fraction of sp³-hybridized carbons (Fsp3) is 0.444. The predicted molar refractivity (Wildman–Crippen MR) is 99.7 cm³/mol. The first kappa shape index (κ1) is 17.8. The summed E-state index contributed by atoms with van der Waals surface area (Å²) in [6, 6.07) is 6.72. The summed E-state index contributed by atoms with van der Waals surface area (Å²) in [5.74, 6) is 0.842. The van der Waals surface area contributed by atoms with Crippen molar-refractivity contribution in [1.82, 2.24) is 14.0 Å². The van der Waals surface area contributed by atoms with Crippen molar-refractivity contribution in [2.45, 2.75) is 13.5 Å². The molecule has 1 aromatic carbocycles. The van der Waals surface area contributed by atoms with Gasteiger partial charge in [-0.1, -0.05) is 12.1 Å². The molecule has 0 aliphatic carbocycles. The molecule has 0 amide bonds. The summed E-state index contributed by atoms with van der Waals surface area (Å²) < 4.78 is 17.4. The lowest BCUT2D eigenvalue weighted by atomic mass is 10.2. The maximum atomic E-state index is 13.0. The van der Waals surface area contributed by atoms with E-state index in [9.17, 15) is 4.39 Å². The Bertz CT molecular complexity index is 839. The van der Waals surface area contributed by atoms with Crippen LogP contribution in [0, 0.1) is 22.9 Å². The highest BCUT2D eigenvalue weighted by Gasteiger charge is 2.21. The molecule has 0 saturated carbocycles. The number of nitrogens with one attached hydrogen (secondary N) is 1. The van der Waals surface area contributed by atoms with E-state index < -0.39 is 0 Å². The molecular weight excluding hydrogens is 337 g/mol. The molecule has 1 saturated heterocycles. The zero-order valence-electron chi connectivity index (χ0n) is 14.9. The summed E-state index contributed by atoms with van der Waals surface area (Å²) in [7, 11) is 3.80. The van der Waals surface area contributed by atoms with Gasteiger partial charge >= 0.3 is 0 Å². The summed E-state index contributed by atoms with van der Waals surface area (Å²) in [5, 5.41) is 8.26. The minimum absolute atomic E-state index is 0.195. The van der Waals surface area contributed by atoms with Crippen molar-refractivity contribution in [2.24, 2.45) is 14.1 Å². The number of halogens is 1. The predicted octanol–water partition coefficient (Wildman–Crippen LogP) is 2.34. The number of piperazine rings is 1. The van der Waals surface area contributed by atoms with Crippen LogP contribution in [0.15, 0.2) is 24.3 Å². The third-order valence-corrected chi connectivity index (χ3v) is 5.46. The number of aromatic nitrogens is 2. The van der Waals surface area contributed by atoms with Gasteiger partial charge in [-0.2, -0.15) is 0 Å². The van der Waals surface area contributed by atoms with Crippen molar-refractivity contribution in [2.75, 3.05) is 31.1 Å². The highest BCUT2D eigenvalue weighted by atomic mass is 32.1. The molecule has 1 fully saturated rings. The Kier molecular flexibility index (Phi) is 5.06. The lowest BCUT2D eigenvalue weighted by Crippen LogP contribution is -2.47. The van der Waals surface area contributed by atoms with Gasteiger partial charge in [-0.3, -0.25) is 10.3 Å². The topological polar surface area (TPSA) is 40.2 Å². The first-order chi connectivity index (χ1) is 11.9. The molecule has 3 rings (SSSR count). The van der Waals surface area contributed by atoms with Crippen molar-refractivity contribution in [1.29, 1.82) is 5.41 Å². The Hall–Kier alpha value is -1.99. The van der Waals surface area contributed by atoms with Crippen molar-refractivity contribution < 1.29 is 4.39 Å². The van der Waals surface area contributed by atoms with Gasteiger partial charge < -0.3 is 14.0 Å². The highest BCUT2D eigenvalue weighted by molar-refractivity contribution is 7.71. The zero-order valence-corrected chi connectivity index (χ0v) is 15.7. The molecular formula is C18H24FN5S. The standard InChI is InChI=1S/C18H24FN5S/c1-13-16(20)21(2)18(25)22(3)17(13)24-10-8-23(9-11-24)12-14-4-6-15(19)7-5-14/h4-7,20H,8-12H2,1-3H3. The van der Waals surface area contributed by atoms with Gasteiger partial charge in [0.2, 0.25) is 0 Å². The van der Waals surface area contributed by atoms with Crippen molar-refractivity contribution in [3.8, 4) is 0 Å². The Labute approximate surface area is 152 Å². The minimum Gasteiger partial charge on any atom is -0.355 e. The Balaban J connectivity index is 1.74. The number of rotatable bonds is 3. The average molecular weight is 361 g/mol. The number of hydrogen-bond donors (Lipinski definition) is 1. The molecule has 0 radical (unpaired) electrons. The van der Waals surface area contributed by atoms with Gasteiger partial charge in [0, 0.05) is 52.4 Å². The van der Waals surface area contributed by atoms with E-state index in [2.05, 4.69) is 9.80 Å². The van der Waals surface area contributed by atoms with E-state index in [-0.39, 0.29) is 5.82 Å². The van der Waals surface area contributed by atoms with Crippen LogP contribution < -0.4 is 10.4 Å². The molecule has 134 valence electrons. The summed E-state index contributed by atoms with van der Waals surface area (Å²) in [5.41, 5.74) is 2.54. The van der Waals surface area contributed by atoms with Crippen LogP contribution in [0.4, 0.5) is 10.2 Å². The molecule has 1 aliphatic heterocycles. The maximum absolute atomic E-state index is 13.0. The van der Waals surface area contributed by atoms with Crippen molar-refractivity contribution in [3.63, 3.8) is 0 Å². The summed E-state index contributed by atoms with van der Waals surface area (Å²) in [4.78, 5) is 4.68. The number of anilines is 1. The van der Waals surface area contributed by atoms with E-state index in [4.69, 9.17) is 17.6 Å². The second-order valence-corrected chi connectivity index (χ2v) is 6.95. The van der Waals surface area contributed by atoms with Crippen LogP contribution in [0.2, 0.25) is 0 Å². The first-order valence-electron chi connectivity index (χ1n) is 8.41. The maximum Gasteiger partial charge on any atom is 0.182 e. The van der Waals surface area contributed by atoms with Gasteiger partial charge in [-0.15, -0.1) is 0 Å². The van der Waals surface area contributed by atoms with Crippen LogP contribution in [0.1, 0.15) is 11.1 Å². The lowest BCUT2D eigenvalue weighted by molar-refractivity contribution is 0.248. The molecule has 0 unspecified atom stereocenters. The van der Waals surface area contributed by atoms with E-state index >= 15 is 0 Å². The van der Waals surface area contributed by atoms with E-state index in [1.54, 1.807) is 4.57 Å². The van der Waals surface area contributed by atoms with E-state index in [1.807, 2.05) is 37.7 Å². The molecule has 0 spiro atoms. The minimum atomic E-state index is -0.195. The monoisotopic (exact) mass is 361 g/mol. The molecule has 2 heterocycles. The molecule has 2 aromatic rings. The second-order valence-electron chi connectivity index (χ2n) is 6.59. The quantitative estimate of drug-likeness (QED) is 0.853. The fourth-order valence-electron chi connectivity index (χ4n) is 3.44. The molecule has 25 heavy (non-hydrogen) atoms. The van der Waals surface area contributed by atoms with Crippen LogP contribution in [0.25, 0.3) is 0 Å². The number of hydrogen-bond acceptors (Lipinski definition) is 4. The Morgan fingerprint density at radius 2 is 1.64 bits per heavy atom. The molecule has 7 heteroatoms. The molecule has 1 aromatic heterocycles. The Morgan fingerprint density at radius 1 is 1.04 bits per heavy atom. The molecule has 0 atom stereocenters. The molecule has 1 aliphatic rings. The van der Waals surface area contributed by atoms with Gasteiger partial charge in [0.15, 0.2) is 4.77 Å². The highest BCUT2D eigenvalue weighted by Crippen LogP contribution is 2.19. The second kappa shape index (κ2) is 7.09.